The molecule has 25 heavy (non-hydrogen) atoms. The fraction of sp³-hybridized carbons (Fsp3) is 0.222. The highest BCUT2D eigenvalue weighted by Gasteiger charge is 2.64. The van der Waals surface area contributed by atoms with Crippen molar-refractivity contribution in [2.75, 3.05) is 7.11 Å². The summed E-state index contributed by atoms with van der Waals surface area (Å²) < 4.78 is 50.8. The van der Waals surface area contributed by atoms with Crippen LogP contribution in [-0.2, 0) is 19.9 Å². The van der Waals surface area contributed by atoms with Crippen LogP contribution in [0.3, 0.4) is 0 Å². The first-order chi connectivity index (χ1) is 11.9. The molecule has 0 fully saturated rings. The number of alkyl halides is 3. The molecule has 130 valence electrons. The molecule has 0 aromatic heterocycles. The van der Waals surface area contributed by atoms with Gasteiger partial charge in [0.15, 0.2) is 0 Å². The molecular formula is C18H14F3NO3. The summed E-state index contributed by atoms with van der Waals surface area (Å²) in [6.45, 7) is 0. The van der Waals surface area contributed by atoms with Crippen LogP contribution in [0.15, 0.2) is 60.7 Å². The number of carbonyl (C=O) groups excluding carboxylic acids is 1. The van der Waals surface area contributed by atoms with Gasteiger partial charge in [-0.05, 0) is 0 Å². The van der Waals surface area contributed by atoms with Crippen molar-refractivity contribution in [2.24, 2.45) is 0 Å². The maximum Gasteiger partial charge on any atom is 0.432 e. The molecule has 0 saturated carbocycles. The fourth-order valence-electron chi connectivity index (χ4n) is 2.37. The van der Waals surface area contributed by atoms with E-state index in [0.717, 1.165) is 19.2 Å². The third kappa shape index (κ3) is 3.49. The first-order valence-electron chi connectivity index (χ1n) is 7.20. The van der Waals surface area contributed by atoms with E-state index in [1.807, 2.05) is 0 Å². The molecule has 0 aliphatic carbocycles. The molecule has 0 aliphatic heterocycles. The molecular weight excluding hydrogens is 335 g/mol. The number of esters is 1. The number of carbonyl (C=O) groups is 1. The Bertz CT molecular complexity index is 757. The first kappa shape index (κ1) is 18.5. The van der Waals surface area contributed by atoms with Crippen LogP contribution in [0.1, 0.15) is 17.2 Å². The monoisotopic (exact) mass is 349 g/mol. The molecule has 0 saturated heterocycles. The molecule has 0 radical (unpaired) electrons. The van der Waals surface area contributed by atoms with Gasteiger partial charge in [-0.3, -0.25) is 0 Å². The van der Waals surface area contributed by atoms with E-state index in [9.17, 15) is 23.2 Å². The number of benzene rings is 2. The number of rotatable bonds is 5. The lowest BCUT2D eigenvalue weighted by Gasteiger charge is -2.32. The van der Waals surface area contributed by atoms with Gasteiger partial charge in [0.2, 0.25) is 6.10 Å². The molecule has 2 aromatic rings. The van der Waals surface area contributed by atoms with Gasteiger partial charge >= 0.3 is 12.1 Å². The van der Waals surface area contributed by atoms with Crippen molar-refractivity contribution < 1.29 is 27.4 Å². The topological polar surface area (TPSA) is 59.3 Å². The summed E-state index contributed by atoms with van der Waals surface area (Å²) in [5.74, 6) is -1.70. The summed E-state index contributed by atoms with van der Waals surface area (Å²) >= 11 is 0. The normalized spacial score (nSPS) is 14.8. The minimum atomic E-state index is -5.09. The molecule has 4 nitrogen and oxygen atoms in total. The summed E-state index contributed by atoms with van der Waals surface area (Å²) in [7, 11) is 0.769. The van der Waals surface area contributed by atoms with Crippen LogP contribution < -0.4 is 0 Å². The van der Waals surface area contributed by atoms with Gasteiger partial charge in [-0.25, -0.2) is 4.79 Å². The number of methoxy groups -OCH3 is 1. The first-order valence-corrected chi connectivity index (χ1v) is 7.20. The third-order valence-corrected chi connectivity index (χ3v) is 3.62. The van der Waals surface area contributed by atoms with Crippen LogP contribution in [0.4, 0.5) is 13.2 Å². The SMILES string of the molecule is CO[C@](C(=O)O[C@H](C#N)c1ccccc1)(c1ccccc1)C(F)(F)F. The Balaban J connectivity index is 2.45. The van der Waals surface area contributed by atoms with E-state index < -0.39 is 29.4 Å². The standard InChI is InChI=1S/C18H14F3NO3/c1-24-17(18(19,20)21,14-10-6-3-7-11-14)16(23)25-15(12-22)13-8-4-2-5-9-13/h2-11,15H,1H3/t15-,17+/m1/s1. The van der Waals surface area contributed by atoms with Crippen LogP contribution in [0.2, 0.25) is 0 Å². The highest BCUT2D eigenvalue weighted by Crippen LogP contribution is 2.43. The molecule has 0 N–H and O–H groups in total. The lowest BCUT2D eigenvalue weighted by molar-refractivity contribution is -0.277. The van der Waals surface area contributed by atoms with Crippen molar-refractivity contribution in [3.05, 3.63) is 71.8 Å². The Kier molecular flexibility index (Phi) is 5.45. The molecule has 7 heteroatoms. The number of nitrogens with zero attached hydrogens (tertiary/aromatic N) is 1. The molecule has 0 aliphatic rings. The average Bonchev–Trinajstić information content (AvgIpc) is 2.61. The number of halogens is 3. The van der Waals surface area contributed by atoms with E-state index >= 15 is 0 Å². The smallest absolute Gasteiger partial charge is 0.432 e. The summed E-state index contributed by atoms with van der Waals surface area (Å²) in [4.78, 5) is 12.5. The van der Waals surface area contributed by atoms with Crippen LogP contribution in [0.25, 0.3) is 0 Å². The van der Waals surface area contributed by atoms with Gasteiger partial charge in [0.1, 0.15) is 6.07 Å². The van der Waals surface area contributed by atoms with Crippen LogP contribution in [0, 0.1) is 11.3 Å². The van der Waals surface area contributed by atoms with Crippen LogP contribution >= 0.6 is 0 Å². The van der Waals surface area contributed by atoms with E-state index in [2.05, 4.69) is 4.74 Å². The van der Waals surface area contributed by atoms with Gasteiger partial charge in [0, 0.05) is 18.2 Å². The molecule has 2 aromatic carbocycles. The van der Waals surface area contributed by atoms with E-state index in [0.29, 0.717) is 0 Å². The minimum absolute atomic E-state index is 0.263. The van der Waals surface area contributed by atoms with Crippen molar-refractivity contribution >= 4 is 5.97 Å². The van der Waals surface area contributed by atoms with Gasteiger partial charge in [-0.15, -0.1) is 0 Å². The van der Waals surface area contributed by atoms with Crippen molar-refractivity contribution in [3.63, 3.8) is 0 Å². The van der Waals surface area contributed by atoms with Crippen molar-refractivity contribution in [3.8, 4) is 6.07 Å². The second kappa shape index (κ2) is 7.36. The summed E-state index contributed by atoms with van der Waals surface area (Å²) in [6, 6.07) is 15.9. The Labute approximate surface area is 142 Å². The Morgan fingerprint density at radius 2 is 1.56 bits per heavy atom. The number of hydrogen-bond acceptors (Lipinski definition) is 4. The lowest BCUT2D eigenvalue weighted by atomic mass is 9.92. The molecule has 2 atom stereocenters. The maximum absolute atomic E-state index is 13.8. The minimum Gasteiger partial charge on any atom is -0.439 e. The van der Waals surface area contributed by atoms with Gasteiger partial charge < -0.3 is 9.47 Å². The molecule has 2 rings (SSSR count). The molecule has 0 spiro atoms. The zero-order chi connectivity index (χ0) is 18.5. The average molecular weight is 349 g/mol. The Morgan fingerprint density at radius 1 is 1.04 bits per heavy atom. The zero-order valence-corrected chi connectivity index (χ0v) is 13.2. The van der Waals surface area contributed by atoms with Gasteiger partial charge in [0.05, 0.1) is 0 Å². The summed E-state index contributed by atoms with van der Waals surface area (Å²) in [5.41, 5.74) is -3.49. The summed E-state index contributed by atoms with van der Waals surface area (Å²) in [5, 5.41) is 9.19. The highest BCUT2D eigenvalue weighted by atomic mass is 19.4. The van der Waals surface area contributed by atoms with E-state index in [-0.39, 0.29) is 5.56 Å². The van der Waals surface area contributed by atoms with Gasteiger partial charge in [-0.2, -0.15) is 18.4 Å². The van der Waals surface area contributed by atoms with Crippen molar-refractivity contribution in [1.82, 2.24) is 0 Å². The lowest BCUT2D eigenvalue weighted by Crippen LogP contribution is -2.52. The number of ether oxygens (including phenoxy) is 2. The maximum atomic E-state index is 13.8. The molecule has 0 heterocycles. The number of hydrogen-bond donors (Lipinski definition) is 0. The second-order valence-corrected chi connectivity index (χ2v) is 5.07. The predicted octanol–water partition coefficient (Wildman–Crippen LogP) is 3.90. The van der Waals surface area contributed by atoms with Crippen molar-refractivity contribution in [2.45, 2.75) is 17.9 Å². The quantitative estimate of drug-likeness (QED) is 0.768. The second-order valence-electron chi connectivity index (χ2n) is 5.07. The van der Waals surface area contributed by atoms with Crippen molar-refractivity contribution in [1.29, 1.82) is 5.26 Å². The largest absolute Gasteiger partial charge is 0.439 e. The number of nitriles is 1. The fourth-order valence-corrected chi connectivity index (χ4v) is 2.37. The molecule has 0 unspecified atom stereocenters. The van der Waals surface area contributed by atoms with Gasteiger partial charge in [-0.1, -0.05) is 60.7 Å². The van der Waals surface area contributed by atoms with E-state index in [1.165, 1.54) is 30.3 Å². The summed E-state index contributed by atoms with van der Waals surface area (Å²) in [6.07, 6.45) is -6.58. The Hall–Kier alpha value is -2.85. The van der Waals surface area contributed by atoms with Crippen LogP contribution in [-0.4, -0.2) is 19.3 Å². The molecule has 0 amide bonds. The zero-order valence-electron chi connectivity index (χ0n) is 13.2. The highest BCUT2D eigenvalue weighted by molar-refractivity contribution is 5.83. The molecule has 0 bridgehead atoms. The predicted molar refractivity (Wildman–Crippen MR) is 82.1 cm³/mol. The van der Waals surface area contributed by atoms with E-state index in [1.54, 1.807) is 24.3 Å². The van der Waals surface area contributed by atoms with E-state index in [4.69, 9.17) is 4.74 Å². The van der Waals surface area contributed by atoms with Crippen LogP contribution in [0.5, 0.6) is 0 Å². The Morgan fingerprint density at radius 3 is 2.00 bits per heavy atom. The van der Waals surface area contributed by atoms with Gasteiger partial charge in [0.25, 0.3) is 5.60 Å². The third-order valence-electron chi connectivity index (χ3n) is 3.62.